The highest BCUT2D eigenvalue weighted by atomic mass is 16.6. The summed E-state index contributed by atoms with van der Waals surface area (Å²) in [6.07, 6.45) is 0.186. The predicted molar refractivity (Wildman–Crippen MR) is 93.8 cm³/mol. The van der Waals surface area contributed by atoms with Crippen LogP contribution in [0.25, 0.3) is 0 Å². The fourth-order valence-corrected chi connectivity index (χ4v) is 2.75. The van der Waals surface area contributed by atoms with Crippen molar-refractivity contribution in [3.05, 3.63) is 17.0 Å². The van der Waals surface area contributed by atoms with E-state index in [0.29, 0.717) is 38.4 Å². The molecule has 26 heavy (non-hydrogen) atoms. The Balaban J connectivity index is 2.04. The number of hydrogen-bond donors (Lipinski definition) is 2. The van der Waals surface area contributed by atoms with Crippen LogP contribution in [0.3, 0.4) is 0 Å². The van der Waals surface area contributed by atoms with E-state index in [-0.39, 0.29) is 19.1 Å². The minimum absolute atomic E-state index is 0.0519. The van der Waals surface area contributed by atoms with Gasteiger partial charge in [-0.3, -0.25) is 9.48 Å². The van der Waals surface area contributed by atoms with Crippen LogP contribution >= 0.6 is 0 Å². The summed E-state index contributed by atoms with van der Waals surface area (Å²) < 4.78 is 12.1. The van der Waals surface area contributed by atoms with E-state index in [0.717, 1.165) is 11.3 Å². The van der Waals surface area contributed by atoms with E-state index in [2.05, 4.69) is 10.4 Å². The molecule has 0 saturated carbocycles. The highest BCUT2D eigenvalue weighted by molar-refractivity contribution is 5.94. The van der Waals surface area contributed by atoms with Gasteiger partial charge in [0.05, 0.1) is 32.1 Å². The molecule has 1 aliphatic rings. The highest BCUT2D eigenvalue weighted by Gasteiger charge is 2.31. The lowest BCUT2D eigenvalue weighted by Gasteiger charge is -2.29. The molecule has 0 aliphatic carbocycles. The van der Waals surface area contributed by atoms with Gasteiger partial charge in [0.25, 0.3) is 5.91 Å². The molecule has 1 aromatic heterocycles. The number of aliphatic hydroxyl groups is 1. The van der Waals surface area contributed by atoms with Crippen LogP contribution in [-0.4, -0.2) is 70.3 Å². The summed E-state index contributed by atoms with van der Waals surface area (Å²) in [5.74, 6) is -0.264. The van der Waals surface area contributed by atoms with E-state index in [9.17, 15) is 9.59 Å². The Bertz CT molecular complexity index is 650. The Morgan fingerprint density at radius 3 is 2.69 bits per heavy atom. The SMILES string of the molecule is Cn1nc2c(c1C(=O)NCCOCCO)CN(C(=O)OC(C)(C)C)CC2. The van der Waals surface area contributed by atoms with E-state index in [1.54, 1.807) is 16.6 Å². The molecule has 9 heteroatoms. The van der Waals surface area contributed by atoms with Crippen molar-refractivity contribution in [2.45, 2.75) is 39.3 Å². The monoisotopic (exact) mass is 368 g/mol. The number of aromatic nitrogens is 2. The Labute approximate surface area is 153 Å². The molecule has 0 aromatic carbocycles. The van der Waals surface area contributed by atoms with Crippen LogP contribution in [-0.2, 0) is 29.5 Å². The summed E-state index contributed by atoms with van der Waals surface area (Å²) >= 11 is 0. The third-order valence-corrected chi connectivity index (χ3v) is 3.83. The molecule has 2 N–H and O–H groups in total. The van der Waals surface area contributed by atoms with Crippen LogP contribution in [0.2, 0.25) is 0 Å². The Hall–Kier alpha value is -2.13. The number of nitrogens with one attached hydrogen (secondary N) is 1. The average molecular weight is 368 g/mol. The quantitative estimate of drug-likeness (QED) is 0.707. The molecule has 2 rings (SSSR count). The second kappa shape index (κ2) is 8.50. The van der Waals surface area contributed by atoms with Crippen molar-refractivity contribution in [2.75, 3.05) is 32.9 Å². The van der Waals surface area contributed by atoms with Crippen LogP contribution < -0.4 is 5.32 Å². The van der Waals surface area contributed by atoms with Crippen LogP contribution in [0.15, 0.2) is 0 Å². The van der Waals surface area contributed by atoms with Gasteiger partial charge in [-0.2, -0.15) is 5.10 Å². The molecule has 2 amide bonds. The number of aliphatic hydroxyl groups excluding tert-OH is 1. The van der Waals surface area contributed by atoms with Crippen molar-refractivity contribution in [3.8, 4) is 0 Å². The molecule has 146 valence electrons. The Morgan fingerprint density at radius 1 is 1.31 bits per heavy atom. The normalized spacial score (nSPS) is 14.1. The molecule has 0 radical (unpaired) electrons. The first kappa shape index (κ1) is 20.2. The van der Waals surface area contributed by atoms with Gasteiger partial charge in [-0.25, -0.2) is 4.79 Å². The van der Waals surface area contributed by atoms with E-state index in [1.165, 1.54) is 0 Å². The largest absolute Gasteiger partial charge is 0.444 e. The summed E-state index contributed by atoms with van der Waals surface area (Å²) in [6.45, 7) is 7.10. The minimum Gasteiger partial charge on any atom is -0.444 e. The molecule has 0 bridgehead atoms. The summed E-state index contributed by atoms with van der Waals surface area (Å²) in [5, 5.41) is 15.9. The van der Waals surface area contributed by atoms with Gasteiger partial charge in [0, 0.05) is 32.1 Å². The van der Waals surface area contributed by atoms with Gasteiger partial charge >= 0.3 is 6.09 Å². The van der Waals surface area contributed by atoms with Crippen molar-refractivity contribution in [2.24, 2.45) is 7.05 Å². The molecule has 9 nitrogen and oxygen atoms in total. The smallest absolute Gasteiger partial charge is 0.410 e. The summed E-state index contributed by atoms with van der Waals surface area (Å²) in [6, 6.07) is 0. The summed E-state index contributed by atoms with van der Waals surface area (Å²) in [7, 11) is 1.72. The first-order chi connectivity index (χ1) is 12.2. The molecular weight excluding hydrogens is 340 g/mol. The van der Waals surface area contributed by atoms with Crippen molar-refractivity contribution >= 4 is 12.0 Å². The topological polar surface area (TPSA) is 106 Å². The van der Waals surface area contributed by atoms with Gasteiger partial charge in [0.15, 0.2) is 0 Å². The van der Waals surface area contributed by atoms with Crippen LogP contribution in [0.1, 0.15) is 42.5 Å². The molecule has 0 unspecified atom stereocenters. The zero-order chi connectivity index (χ0) is 19.3. The maximum absolute atomic E-state index is 12.5. The fourth-order valence-electron chi connectivity index (χ4n) is 2.75. The first-order valence-corrected chi connectivity index (χ1v) is 8.72. The van der Waals surface area contributed by atoms with Gasteiger partial charge in [-0.05, 0) is 20.8 Å². The van der Waals surface area contributed by atoms with E-state index >= 15 is 0 Å². The zero-order valence-electron chi connectivity index (χ0n) is 15.9. The first-order valence-electron chi connectivity index (χ1n) is 8.72. The fraction of sp³-hybridized carbons (Fsp3) is 0.706. The van der Waals surface area contributed by atoms with E-state index in [4.69, 9.17) is 14.6 Å². The standard InChI is InChI=1S/C17H28N4O5/c1-17(2,3)26-16(24)21-7-5-13-12(11-21)14(20(4)19-13)15(23)18-6-9-25-10-8-22/h22H,5-11H2,1-4H3,(H,18,23). The van der Waals surface area contributed by atoms with Gasteiger partial charge in [0.2, 0.25) is 0 Å². The average Bonchev–Trinajstić information content (AvgIpc) is 2.87. The number of ether oxygens (including phenoxy) is 2. The maximum atomic E-state index is 12.5. The second-order valence-electron chi connectivity index (χ2n) is 7.14. The molecule has 1 aromatic rings. The van der Waals surface area contributed by atoms with Gasteiger partial charge < -0.3 is 24.8 Å². The lowest BCUT2D eigenvalue weighted by molar-refractivity contribution is 0.0222. The Kier molecular flexibility index (Phi) is 6.60. The second-order valence-corrected chi connectivity index (χ2v) is 7.14. The molecule has 0 saturated heterocycles. The highest BCUT2D eigenvalue weighted by Crippen LogP contribution is 2.23. The van der Waals surface area contributed by atoms with Gasteiger partial charge in [-0.15, -0.1) is 0 Å². The van der Waals surface area contributed by atoms with Crippen LogP contribution in [0.5, 0.6) is 0 Å². The molecule has 0 atom stereocenters. The third kappa shape index (κ3) is 5.18. The van der Waals surface area contributed by atoms with Crippen molar-refractivity contribution in [1.82, 2.24) is 20.0 Å². The number of hydrogen-bond acceptors (Lipinski definition) is 6. The van der Waals surface area contributed by atoms with E-state index < -0.39 is 11.7 Å². The van der Waals surface area contributed by atoms with Crippen molar-refractivity contribution < 1.29 is 24.2 Å². The van der Waals surface area contributed by atoms with Crippen molar-refractivity contribution in [3.63, 3.8) is 0 Å². The van der Waals surface area contributed by atoms with Crippen LogP contribution in [0.4, 0.5) is 4.79 Å². The number of fused-ring (bicyclic) bond motifs is 1. The lowest BCUT2D eigenvalue weighted by atomic mass is 10.1. The number of aryl methyl sites for hydroxylation is 1. The third-order valence-electron chi connectivity index (χ3n) is 3.83. The predicted octanol–water partition coefficient (Wildman–Crippen LogP) is 0.452. The molecule has 0 spiro atoms. The van der Waals surface area contributed by atoms with E-state index in [1.807, 2.05) is 20.8 Å². The van der Waals surface area contributed by atoms with Gasteiger partial charge in [-0.1, -0.05) is 0 Å². The van der Waals surface area contributed by atoms with Crippen LogP contribution in [0, 0.1) is 0 Å². The molecular formula is C17H28N4O5. The minimum atomic E-state index is -0.568. The van der Waals surface area contributed by atoms with Crippen molar-refractivity contribution in [1.29, 1.82) is 0 Å². The number of amides is 2. The zero-order valence-corrected chi connectivity index (χ0v) is 15.9. The molecule has 0 fully saturated rings. The molecule has 1 aliphatic heterocycles. The van der Waals surface area contributed by atoms with Gasteiger partial charge in [0.1, 0.15) is 11.3 Å². The lowest BCUT2D eigenvalue weighted by Crippen LogP contribution is -2.40. The number of rotatable bonds is 6. The summed E-state index contributed by atoms with van der Waals surface area (Å²) in [4.78, 5) is 26.4. The maximum Gasteiger partial charge on any atom is 0.410 e. The number of carbonyl (C=O) groups is 2. The molecule has 2 heterocycles. The Morgan fingerprint density at radius 2 is 2.04 bits per heavy atom. The number of nitrogens with zero attached hydrogens (tertiary/aromatic N) is 3. The summed E-state index contributed by atoms with van der Waals surface area (Å²) in [5.41, 5.74) is 1.45. The number of carbonyl (C=O) groups excluding carboxylic acids is 2.